The fraction of sp³-hybridized carbons (Fsp3) is 0.0714. The quantitative estimate of drug-likeness (QED) is 0.841. The first-order valence-electron chi connectivity index (χ1n) is 5.78. The number of anilines is 2. The lowest BCUT2D eigenvalue weighted by Crippen LogP contribution is -2.20. The molecule has 20 heavy (non-hydrogen) atoms. The van der Waals surface area contributed by atoms with Gasteiger partial charge < -0.3 is 15.8 Å². The number of nitrogen functional groups attached to an aromatic ring is 1. The van der Waals surface area contributed by atoms with Crippen LogP contribution in [0.25, 0.3) is 0 Å². The molecular weight excluding hydrogens is 327 g/mol. The summed E-state index contributed by atoms with van der Waals surface area (Å²) in [5.74, 6) is -0.672. The summed E-state index contributed by atoms with van der Waals surface area (Å²) >= 11 is 3.30. The van der Waals surface area contributed by atoms with Gasteiger partial charge in [0.25, 0.3) is 5.91 Å². The molecule has 2 aromatic carbocycles. The van der Waals surface area contributed by atoms with Crippen LogP contribution in [0.4, 0.5) is 15.8 Å². The first-order chi connectivity index (χ1) is 9.54. The summed E-state index contributed by atoms with van der Waals surface area (Å²) in [4.78, 5) is 11.7. The number of halogens is 2. The third-order valence-corrected chi connectivity index (χ3v) is 2.99. The number of hydrogen-bond acceptors (Lipinski definition) is 3. The van der Waals surface area contributed by atoms with Crippen molar-refractivity contribution in [3.63, 3.8) is 0 Å². The highest BCUT2D eigenvalue weighted by Gasteiger charge is 2.07. The van der Waals surface area contributed by atoms with Crippen molar-refractivity contribution in [1.29, 1.82) is 0 Å². The van der Waals surface area contributed by atoms with E-state index in [0.29, 0.717) is 5.69 Å². The van der Waals surface area contributed by atoms with Crippen LogP contribution in [0, 0.1) is 5.82 Å². The van der Waals surface area contributed by atoms with Crippen LogP contribution in [0.5, 0.6) is 5.75 Å². The van der Waals surface area contributed by atoms with E-state index < -0.39 is 5.82 Å². The van der Waals surface area contributed by atoms with Gasteiger partial charge in [0.15, 0.2) is 6.61 Å². The van der Waals surface area contributed by atoms with E-state index in [1.165, 1.54) is 12.1 Å². The molecule has 0 aliphatic carbocycles. The third kappa shape index (κ3) is 3.96. The minimum atomic E-state index is -0.470. The molecule has 0 unspecified atom stereocenters. The van der Waals surface area contributed by atoms with E-state index >= 15 is 0 Å². The number of benzene rings is 2. The second-order valence-corrected chi connectivity index (χ2v) is 4.94. The number of hydrogen-bond donors (Lipinski definition) is 2. The van der Waals surface area contributed by atoms with E-state index in [2.05, 4.69) is 21.2 Å². The molecular formula is C14H12BrFN2O2. The summed E-state index contributed by atoms with van der Waals surface area (Å²) in [5, 5.41) is 2.65. The Morgan fingerprint density at radius 3 is 2.65 bits per heavy atom. The molecule has 0 aliphatic heterocycles. The van der Waals surface area contributed by atoms with Crippen molar-refractivity contribution in [2.24, 2.45) is 0 Å². The standard InChI is InChI=1S/C14H12BrFN2O2/c15-9-1-4-11(5-2-9)18-14(19)8-20-13-7-10(16)3-6-12(13)17/h1-7H,8,17H2,(H,18,19). The summed E-state index contributed by atoms with van der Waals surface area (Å²) in [6.07, 6.45) is 0. The Bertz CT molecular complexity index is 617. The van der Waals surface area contributed by atoms with Crippen LogP contribution in [0.15, 0.2) is 46.9 Å². The zero-order valence-corrected chi connectivity index (χ0v) is 12.0. The normalized spacial score (nSPS) is 10.1. The maximum Gasteiger partial charge on any atom is 0.262 e. The third-order valence-electron chi connectivity index (χ3n) is 2.46. The number of nitrogens with one attached hydrogen (secondary N) is 1. The second kappa shape index (κ2) is 6.38. The van der Waals surface area contributed by atoms with Gasteiger partial charge >= 0.3 is 0 Å². The molecule has 0 saturated carbocycles. The minimum Gasteiger partial charge on any atom is -0.481 e. The molecule has 1 amide bonds. The Morgan fingerprint density at radius 2 is 1.95 bits per heavy atom. The van der Waals surface area contributed by atoms with Crippen molar-refractivity contribution in [2.45, 2.75) is 0 Å². The van der Waals surface area contributed by atoms with Gasteiger partial charge in [0, 0.05) is 16.2 Å². The van der Waals surface area contributed by atoms with Crippen LogP contribution in [-0.2, 0) is 4.79 Å². The molecule has 6 heteroatoms. The van der Waals surface area contributed by atoms with E-state index in [-0.39, 0.29) is 24.0 Å². The maximum atomic E-state index is 13.0. The highest BCUT2D eigenvalue weighted by atomic mass is 79.9. The number of carbonyl (C=O) groups is 1. The van der Waals surface area contributed by atoms with Crippen molar-refractivity contribution < 1.29 is 13.9 Å². The average Bonchev–Trinajstić information content (AvgIpc) is 2.42. The molecule has 0 aromatic heterocycles. The number of carbonyl (C=O) groups excluding carboxylic acids is 1. The summed E-state index contributed by atoms with van der Waals surface area (Å²) in [6, 6.07) is 10.9. The SMILES string of the molecule is Nc1ccc(F)cc1OCC(=O)Nc1ccc(Br)cc1. The van der Waals surface area contributed by atoms with Crippen molar-refractivity contribution in [3.8, 4) is 5.75 Å². The van der Waals surface area contributed by atoms with Gasteiger partial charge in [-0.3, -0.25) is 4.79 Å². The van der Waals surface area contributed by atoms with Crippen LogP contribution in [0.2, 0.25) is 0 Å². The fourth-order valence-corrected chi connectivity index (χ4v) is 1.77. The first kappa shape index (κ1) is 14.3. The van der Waals surface area contributed by atoms with E-state index in [0.717, 1.165) is 10.5 Å². The molecule has 0 spiro atoms. The summed E-state index contributed by atoms with van der Waals surface area (Å²) < 4.78 is 19.1. The number of ether oxygens (including phenoxy) is 1. The monoisotopic (exact) mass is 338 g/mol. The predicted molar refractivity (Wildman–Crippen MR) is 79.1 cm³/mol. The highest BCUT2D eigenvalue weighted by molar-refractivity contribution is 9.10. The zero-order chi connectivity index (χ0) is 14.5. The van der Waals surface area contributed by atoms with Crippen LogP contribution >= 0.6 is 15.9 Å². The topological polar surface area (TPSA) is 64.3 Å². The predicted octanol–water partition coefficient (Wildman–Crippen LogP) is 3.19. The lowest BCUT2D eigenvalue weighted by molar-refractivity contribution is -0.118. The molecule has 3 N–H and O–H groups in total. The summed E-state index contributed by atoms with van der Waals surface area (Å²) in [5.41, 5.74) is 6.54. The summed E-state index contributed by atoms with van der Waals surface area (Å²) in [6.45, 7) is -0.246. The van der Waals surface area contributed by atoms with Crippen molar-refractivity contribution in [3.05, 3.63) is 52.8 Å². The van der Waals surface area contributed by atoms with Crippen LogP contribution < -0.4 is 15.8 Å². The summed E-state index contributed by atoms with van der Waals surface area (Å²) in [7, 11) is 0. The van der Waals surface area contributed by atoms with Gasteiger partial charge in [0.05, 0.1) is 5.69 Å². The van der Waals surface area contributed by atoms with Crippen molar-refractivity contribution in [1.82, 2.24) is 0 Å². The van der Waals surface area contributed by atoms with Gasteiger partial charge in [0.1, 0.15) is 11.6 Å². The first-order valence-corrected chi connectivity index (χ1v) is 6.57. The minimum absolute atomic E-state index is 0.149. The molecule has 2 rings (SSSR count). The average molecular weight is 339 g/mol. The van der Waals surface area contributed by atoms with Crippen LogP contribution in [0.1, 0.15) is 0 Å². The van der Waals surface area contributed by atoms with Gasteiger partial charge in [0.2, 0.25) is 0 Å². The Kier molecular flexibility index (Phi) is 4.57. The zero-order valence-electron chi connectivity index (χ0n) is 10.4. The Hall–Kier alpha value is -2.08. The van der Waals surface area contributed by atoms with Gasteiger partial charge in [-0.05, 0) is 36.4 Å². The molecule has 0 saturated heterocycles. The maximum absolute atomic E-state index is 13.0. The molecule has 0 fully saturated rings. The van der Waals surface area contributed by atoms with Crippen LogP contribution in [-0.4, -0.2) is 12.5 Å². The second-order valence-electron chi connectivity index (χ2n) is 4.03. The largest absolute Gasteiger partial charge is 0.481 e. The molecule has 2 aromatic rings. The molecule has 0 heterocycles. The van der Waals surface area contributed by atoms with E-state index in [4.69, 9.17) is 10.5 Å². The molecule has 4 nitrogen and oxygen atoms in total. The lowest BCUT2D eigenvalue weighted by Gasteiger charge is -2.09. The van der Waals surface area contributed by atoms with E-state index in [1.807, 2.05) is 0 Å². The van der Waals surface area contributed by atoms with Crippen molar-refractivity contribution in [2.75, 3.05) is 17.7 Å². The Morgan fingerprint density at radius 1 is 1.25 bits per heavy atom. The molecule has 104 valence electrons. The number of rotatable bonds is 4. The van der Waals surface area contributed by atoms with Gasteiger partial charge in [-0.15, -0.1) is 0 Å². The van der Waals surface area contributed by atoms with Crippen molar-refractivity contribution >= 4 is 33.2 Å². The smallest absolute Gasteiger partial charge is 0.262 e. The molecule has 0 atom stereocenters. The molecule has 0 radical (unpaired) electrons. The number of nitrogens with two attached hydrogens (primary N) is 1. The van der Waals surface area contributed by atoms with Gasteiger partial charge in [-0.1, -0.05) is 15.9 Å². The number of amides is 1. The molecule has 0 aliphatic rings. The lowest BCUT2D eigenvalue weighted by atomic mass is 10.3. The Balaban J connectivity index is 1.92. The van der Waals surface area contributed by atoms with E-state index in [1.54, 1.807) is 24.3 Å². The highest BCUT2D eigenvalue weighted by Crippen LogP contribution is 2.22. The fourth-order valence-electron chi connectivity index (χ4n) is 1.51. The van der Waals surface area contributed by atoms with Crippen LogP contribution in [0.3, 0.4) is 0 Å². The molecule has 0 bridgehead atoms. The Labute approximate surface area is 123 Å². The van der Waals surface area contributed by atoms with E-state index in [9.17, 15) is 9.18 Å². The van der Waals surface area contributed by atoms with Gasteiger partial charge in [-0.2, -0.15) is 0 Å². The van der Waals surface area contributed by atoms with Gasteiger partial charge in [-0.25, -0.2) is 4.39 Å².